The van der Waals surface area contributed by atoms with E-state index in [-0.39, 0.29) is 17.2 Å². The quantitative estimate of drug-likeness (QED) is 0.417. The maximum Gasteiger partial charge on any atom is 0.262 e. The maximum atomic E-state index is 12.9. The number of unbranched alkanes of at least 4 members (excludes halogenated alkanes) is 1. The Hall–Kier alpha value is -2.51. The van der Waals surface area contributed by atoms with Gasteiger partial charge in [-0.05, 0) is 36.8 Å². The van der Waals surface area contributed by atoms with Gasteiger partial charge < -0.3 is 10.1 Å². The largest absolute Gasteiger partial charge is 0.495 e. The molecule has 6 nitrogen and oxygen atoms in total. The van der Waals surface area contributed by atoms with Crippen LogP contribution in [0.2, 0.25) is 5.02 Å². The number of thioether (sulfide) groups is 1. The van der Waals surface area contributed by atoms with Gasteiger partial charge in [0.1, 0.15) is 5.75 Å². The number of rotatable bonds is 8. The fourth-order valence-corrected chi connectivity index (χ4v) is 3.93. The molecule has 0 aliphatic heterocycles. The lowest BCUT2D eigenvalue weighted by molar-refractivity contribution is -0.113. The molecule has 0 bridgehead atoms. The maximum absolute atomic E-state index is 12.9. The van der Waals surface area contributed by atoms with Gasteiger partial charge in [0.15, 0.2) is 5.16 Å². The Labute approximate surface area is 178 Å². The van der Waals surface area contributed by atoms with E-state index in [0.29, 0.717) is 39.1 Å². The Balaban J connectivity index is 1.77. The van der Waals surface area contributed by atoms with Gasteiger partial charge in [0.05, 0.1) is 28.8 Å². The van der Waals surface area contributed by atoms with Crippen LogP contribution in [0.1, 0.15) is 19.8 Å². The summed E-state index contributed by atoms with van der Waals surface area (Å²) in [5, 5.41) is 4.36. The minimum atomic E-state index is -0.208. The number of amides is 1. The number of nitrogens with zero attached hydrogens (tertiary/aromatic N) is 2. The molecule has 1 N–H and O–H groups in total. The summed E-state index contributed by atoms with van der Waals surface area (Å²) in [6.07, 6.45) is 1.83. The van der Waals surface area contributed by atoms with Gasteiger partial charge in [-0.15, -0.1) is 0 Å². The van der Waals surface area contributed by atoms with Crippen LogP contribution in [-0.2, 0) is 11.3 Å². The lowest BCUT2D eigenvalue weighted by atomic mass is 10.2. The smallest absolute Gasteiger partial charge is 0.262 e. The number of benzene rings is 2. The zero-order valence-corrected chi connectivity index (χ0v) is 17.8. The van der Waals surface area contributed by atoms with Gasteiger partial charge in [0, 0.05) is 12.2 Å². The van der Waals surface area contributed by atoms with E-state index < -0.39 is 0 Å². The molecule has 0 saturated carbocycles. The fourth-order valence-electron chi connectivity index (χ4n) is 2.84. The van der Waals surface area contributed by atoms with Crippen LogP contribution >= 0.6 is 23.4 Å². The molecule has 3 rings (SSSR count). The summed E-state index contributed by atoms with van der Waals surface area (Å²) in [5.74, 6) is 0.459. The number of anilines is 1. The molecule has 0 spiro atoms. The Morgan fingerprint density at radius 2 is 2.07 bits per heavy atom. The highest BCUT2D eigenvalue weighted by molar-refractivity contribution is 7.99. The van der Waals surface area contributed by atoms with Crippen molar-refractivity contribution in [2.75, 3.05) is 18.2 Å². The predicted octanol–water partition coefficient (Wildman–Crippen LogP) is 4.59. The van der Waals surface area contributed by atoms with Crippen molar-refractivity contribution in [3.63, 3.8) is 0 Å². The number of methoxy groups -OCH3 is 1. The lowest BCUT2D eigenvalue weighted by Crippen LogP contribution is -2.24. The Kier molecular flexibility index (Phi) is 7.17. The molecule has 0 aliphatic carbocycles. The predicted molar refractivity (Wildman–Crippen MR) is 118 cm³/mol. The molecule has 8 heteroatoms. The highest BCUT2D eigenvalue weighted by Crippen LogP contribution is 2.27. The first kappa shape index (κ1) is 21.2. The van der Waals surface area contributed by atoms with Crippen molar-refractivity contribution in [3.8, 4) is 5.75 Å². The molecule has 0 saturated heterocycles. The molecule has 0 unspecified atom stereocenters. The van der Waals surface area contributed by atoms with Crippen LogP contribution in [0.15, 0.2) is 52.4 Å². The number of fused-ring (bicyclic) bond motifs is 1. The van der Waals surface area contributed by atoms with Gasteiger partial charge in [-0.25, -0.2) is 4.98 Å². The van der Waals surface area contributed by atoms with Crippen molar-refractivity contribution >= 4 is 45.9 Å². The summed E-state index contributed by atoms with van der Waals surface area (Å²) in [6.45, 7) is 2.64. The third-order valence-corrected chi connectivity index (χ3v) is 5.60. The Morgan fingerprint density at radius 3 is 2.79 bits per heavy atom. The first-order chi connectivity index (χ1) is 14.0. The number of hydrogen-bond acceptors (Lipinski definition) is 5. The van der Waals surface area contributed by atoms with Gasteiger partial charge in [0.2, 0.25) is 5.91 Å². The average Bonchev–Trinajstić information content (AvgIpc) is 2.72. The van der Waals surface area contributed by atoms with Crippen LogP contribution in [0.25, 0.3) is 10.9 Å². The van der Waals surface area contributed by atoms with E-state index in [4.69, 9.17) is 16.3 Å². The van der Waals surface area contributed by atoms with E-state index in [1.165, 1.54) is 18.9 Å². The number of aromatic nitrogens is 2. The second kappa shape index (κ2) is 9.80. The number of carbonyl (C=O) groups excluding carboxylic acids is 1. The zero-order valence-electron chi connectivity index (χ0n) is 16.3. The minimum Gasteiger partial charge on any atom is -0.495 e. The molecular weight excluding hydrogens is 410 g/mol. The lowest BCUT2D eigenvalue weighted by Gasteiger charge is -2.13. The van der Waals surface area contributed by atoms with E-state index in [1.807, 2.05) is 18.2 Å². The summed E-state index contributed by atoms with van der Waals surface area (Å²) >= 11 is 7.35. The monoisotopic (exact) mass is 431 g/mol. The van der Waals surface area contributed by atoms with Gasteiger partial charge in [0.25, 0.3) is 5.56 Å². The highest BCUT2D eigenvalue weighted by atomic mass is 35.5. The van der Waals surface area contributed by atoms with Crippen molar-refractivity contribution in [1.82, 2.24) is 9.55 Å². The topological polar surface area (TPSA) is 73.2 Å². The molecule has 0 aliphatic rings. The van der Waals surface area contributed by atoms with Crippen LogP contribution in [-0.4, -0.2) is 28.3 Å². The number of carbonyl (C=O) groups is 1. The molecule has 1 heterocycles. The van der Waals surface area contributed by atoms with E-state index in [2.05, 4.69) is 17.2 Å². The number of para-hydroxylation sites is 1. The van der Waals surface area contributed by atoms with E-state index in [9.17, 15) is 9.59 Å². The molecule has 152 valence electrons. The third kappa shape index (κ3) is 5.10. The number of hydrogen-bond donors (Lipinski definition) is 1. The van der Waals surface area contributed by atoms with Crippen LogP contribution in [0.4, 0.5) is 5.69 Å². The Bertz CT molecular complexity index is 1080. The summed E-state index contributed by atoms with van der Waals surface area (Å²) in [5.41, 5.74) is 1.14. The SMILES string of the molecule is CCCCn1c(SCC(=O)Nc2ccc(OC)c(Cl)c2)nc2ccccc2c1=O. The first-order valence-electron chi connectivity index (χ1n) is 9.29. The molecule has 1 amide bonds. The molecular formula is C21H22ClN3O3S. The molecule has 3 aromatic rings. The number of ether oxygens (including phenoxy) is 1. The van der Waals surface area contributed by atoms with Crippen LogP contribution in [0.3, 0.4) is 0 Å². The van der Waals surface area contributed by atoms with Crippen molar-refractivity contribution < 1.29 is 9.53 Å². The molecule has 29 heavy (non-hydrogen) atoms. The third-order valence-electron chi connectivity index (χ3n) is 4.33. The molecule has 0 radical (unpaired) electrons. The van der Waals surface area contributed by atoms with E-state index in [0.717, 1.165) is 12.8 Å². The standard InChI is InChI=1S/C21H22ClN3O3S/c1-3-4-11-25-20(27)15-7-5-6-8-17(15)24-21(25)29-13-19(26)23-14-9-10-18(28-2)16(22)12-14/h5-10,12H,3-4,11,13H2,1-2H3,(H,23,26). The number of nitrogens with one attached hydrogen (secondary N) is 1. The van der Waals surface area contributed by atoms with Gasteiger partial charge in [-0.2, -0.15) is 0 Å². The van der Waals surface area contributed by atoms with Crippen LogP contribution < -0.4 is 15.6 Å². The van der Waals surface area contributed by atoms with Gasteiger partial charge >= 0.3 is 0 Å². The molecule has 0 fully saturated rings. The normalized spacial score (nSPS) is 10.9. The number of halogens is 1. The summed E-state index contributed by atoms with van der Waals surface area (Å²) < 4.78 is 6.77. The van der Waals surface area contributed by atoms with Gasteiger partial charge in [-0.1, -0.05) is 48.8 Å². The molecule has 2 aromatic carbocycles. The summed E-state index contributed by atoms with van der Waals surface area (Å²) in [6, 6.07) is 12.3. The average molecular weight is 432 g/mol. The fraction of sp³-hybridized carbons (Fsp3) is 0.286. The van der Waals surface area contributed by atoms with Crippen molar-refractivity contribution in [2.45, 2.75) is 31.5 Å². The van der Waals surface area contributed by atoms with Crippen molar-refractivity contribution in [1.29, 1.82) is 0 Å². The minimum absolute atomic E-state index is 0.0751. The highest BCUT2D eigenvalue weighted by Gasteiger charge is 2.13. The van der Waals surface area contributed by atoms with E-state index >= 15 is 0 Å². The summed E-state index contributed by atoms with van der Waals surface area (Å²) in [7, 11) is 1.53. The summed E-state index contributed by atoms with van der Waals surface area (Å²) in [4.78, 5) is 29.9. The van der Waals surface area contributed by atoms with Crippen LogP contribution in [0.5, 0.6) is 5.75 Å². The zero-order chi connectivity index (χ0) is 20.8. The Morgan fingerprint density at radius 1 is 1.28 bits per heavy atom. The van der Waals surface area contributed by atoms with Gasteiger partial charge in [-0.3, -0.25) is 14.2 Å². The van der Waals surface area contributed by atoms with Crippen molar-refractivity contribution in [2.24, 2.45) is 0 Å². The first-order valence-corrected chi connectivity index (χ1v) is 10.7. The van der Waals surface area contributed by atoms with E-state index in [1.54, 1.807) is 28.8 Å². The molecule has 1 aromatic heterocycles. The van der Waals surface area contributed by atoms with Crippen LogP contribution in [0, 0.1) is 0 Å². The molecule has 0 atom stereocenters. The van der Waals surface area contributed by atoms with Crippen molar-refractivity contribution in [3.05, 3.63) is 57.8 Å². The second-order valence-corrected chi connectivity index (χ2v) is 7.76. The second-order valence-electron chi connectivity index (χ2n) is 6.41.